The molecule has 0 unspecified atom stereocenters. The van der Waals surface area contributed by atoms with Crippen molar-refractivity contribution in [2.45, 2.75) is 19.3 Å². The van der Waals surface area contributed by atoms with Crippen LogP contribution < -0.4 is 17.2 Å². The van der Waals surface area contributed by atoms with Gasteiger partial charge in [-0.3, -0.25) is 0 Å². The first-order valence-corrected chi connectivity index (χ1v) is 10.3. The van der Waals surface area contributed by atoms with Crippen LogP contribution in [0.4, 0.5) is 25.0 Å². The van der Waals surface area contributed by atoms with E-state index in [0.29, 0.717) is 46.7 Å². The van der Waals surface area contributed by atoms with E-state index in [1.54, 1.807) is 0 Å². The number of hydrogen-bond acceptors (Lipinski definition) is 9. The van der Waals surface area contributed by atoms with Crippen molar-refractivity contribution in [1.29, 1.82) is 0 Å². The quantitative estimate of drug-likeness (QED) is 0.286. The van der Waals surface area contributed by atoms with Crippen LogP contribution in [0.3, 0.4) is 0 Å². The first kappa shape index (κ1) is 24.4. The highest BCUT2D eigenvalue weighted by molar-refractivity contribution is 5.99. The van der Waals surface area contributed by atoms with E-state index >= 15 is 0 Å². The lowest BCUT2D eigenvalue weighted by Gasteiger charge is -2.04. The number of oxazole rings is 1. The fourth-order valence-corrected chi connectivity index (χ4v) is 3.39. The predicted molar refractivity (Wildman–Crippen MR) is 124 cm³/mol. The van der Waals surface area contributed by atoms with Gasteiger partial charge in [-0.05, 0) is 29.3 Å². The van der Waals surface area contributed by atoms with Crippen LogP contribution in [-0.4, -0.2) is 42.0 Å². The molecular formula is C22H19F3N8O3. The molecule has 0 aliphatic rings. The molecule has 3 heterocycles. The van der Waals surface area contributed by atoms with Crippen LogP contribution in [0.25, 0.3) is 33.4 Å². The highest BCUT2D eigenvalue weighted by Gasteiger charge is 2.38. The number of benzene rings is 2. The standard InChI is InChI=1S/C20H18N8O.C2HF3O2/c21-8-11-1-3-12(4-2-11)9-28-19-16(18(22)24-10-25-19)17(27-28)13-5-6-15-14(7-13)26-20(23)29-15;3-2(4,5)1(6)7/h1-7,10H,8-9,21H2,(H2,23,26)(H2,22,24,25);(H,6,7). The van der Waals surface area contributed by atoms with Crippen molar-refractivity contribution in [2.24, 2.45) is 5.73 Å². The van der Waals surface area contributed by atoms with Gasteiger partial charge >= 0.3 is 12.1 Å². The van der Waals surface area contributed by atoms with Gasteiger partial charge < -0.3 is 26.7 Å². The maximum atomic E-state index is 10.6. The smallest absolute Gasteiger partial charge is 0.475 e. The minimum atomic E-state index is -5.08. The molecule has 0 saturated carbocycles. The van der Waals surface area contributed by atoms with Gasteiger partial charge in [0, 0.05) is 12.1 Å². The zero-order valence-electron chi connectivity index (χ0n) is 18.4. The van der Waals surface area contributed by atoms with Crippen molar-refractivity contribution in [3.63, 3.8) is 0 Å². The van der Waals surface area contributed by atoms with Crippen molar-refractivity contribution < 1.29 is 27.5 Å². The molecule has 3 aromatic heterocycles. The molecule has 0 saturated heterocycles. The third kappa shape index (κ3) is 5.02. The minimum absolute atomic E-state index is 0.122. The van der Waals surface area contributed by atoms with Gasteiger partial charge in [-0.15, -0.1) is 0 Å². The Hall–Kier alpha value is -4.72. The van der Waals surface area contributed by atoms with Gasteiger partial charge in [0.1, 0.15) is 23.4 Å². The number of fused-ring (bicyclic) bond motifs is 2. The second-order valence-electron chi connectivity index (χ2n) is 7.52. The van der Waals surface area contributed by atoms with E-state index in [0.717, 1.165) is 16.7 Å². The van der Waals surface area contributed by atoms with Crippen molar-refractivity contribution in [3.05, 3.63) is 59.9 Å². The second kappa shape index (κ2) is 9.50. The van der Waals surface area contributed by atoms with Crippen LogP contribution in [0.1, 0.15) is 11.1 Å². The van der Waals surface area contributed by atoms with Gasteiger partial charge in [-0.25, -0.2) is 19.4 Å². The summed E-state index contributed by atoms with van der Waals surface area (Å²) in [7, 11) is 0. The van der Waals surface area contributed by atoms with Crippen molar-refractivity contribution in [3.8, 4) is 11.3 Å². The number of nitrogen functional groups attached to an aromatic ring is 2. The lowest BCUT2D eigenvalue weighted by Crippen LogP contribution is -2.21. The van der Waals surface area contributed by atoms with Gasteiger partial charge in [-0.1, -0.05) is 24.3 Å². The summed E-state index contributed by atoms with van der Waals surface area (Å²) in [6.45, 7) is 1.05. The maximum Gasteiger partial charge on any atom is 0.490 e. The Labute approximate surface area is 200 Å². The number of nitrogens with two attached hydrogens (primary N) is 3. The topological polar surface area (TPSA) is 185 Å². The first-order chi connectivity index (χ1) is 17.1. The molecule has 0 atom stereocenters. The molecule has 0 fully saturated rings. The Kier molecular flexibility index (Phi) is 6.44. The largest absolute Gasteiger partial charge is 0.490 e. The van der Waals surface area contributed by atoms with Crippen molar-refractivity contribution in [1.82, 2.24) is 24.7 Å². The molecule has 7 N–H and O–H groups in total. The second-order valence-corrected chi connectivity index (χ2v) is 7.52. The van der Waals surface area contributed by atoms with E-state index in [-0.39, 0.29) is 6.01 Å². The molecule has 0 amide bonds. The molecule has 186 valence electrons. The SMILES string of the molecule is NCc1ccc(Cn2nc(-c3ccc4oc(N)nc4c3)c3c(N)ncnc32)cc1.O=C(O)C(F)(F)F. The van der Waals surface area contributed by atoms with Crippen molar-refractivity contribution >= 4 is 39.9 Å². The van der Waals surface area contributed by atoms with Gasteiger partial charge in [-0.2, -0.15) is 23.3 Å². The van der Waals surface area contributed by atoms with Gasteiger partial charge in [0.15, 0.2) is 11.2 Å². The average molecular weight is 500 g/mol. The number of aromatic nitrogens is 5. The summed E-state index contributed by atoms with van der Waals surface area (Å²) in [6, 6.07) is 13.8. The monoisotopic (exact) mass is 500 g/mol. The Bertz CT molecular complexity index is 1540. The number of rotatable bonds is 4. The van der Waals surface area contributed by atoms with Crippen LogP contribution in [0.15, 0.2) is 53.2 Å². The Morgan fingerprint density at radius 2 is 1.72 bits per heavy atom. The number of anilines is 2. The Balaban J connectivity index is 0.000000384. The maximum absolute atomic E-state index is 10.6. The number of alkyl halides is 3. The van der Waals surface area contributed by atoms with Crippen LogP contribution >= 0.6 is 0 Å². The molecule has 0 radical (unpaired) electrons. The summed E-state index contributed by atoms with van der Waals surface area (Å²) in [5.74, 6) is -2.39. The molecule has 14 heteroatoms. The Morgan fingerprint density at radius 1 is 1.06 bits per heavy atom. The zero-order valence-corrected chi connectivity index (χ0v) is 18.4. The first-order valence-electron chi connectivity index (χ1n) is 10.3. The van der Waals surface area contributed by atoms with E-state index in [1.807, 2.05) is 47.1 Å². The number of hydrogen-bond donors (Lipinski definition) is 4. The summed E-state index contributed by atoms with van der Waals surface area (Å²) in [4.78, 5) is 21.7. The molecule has 5 rings (SSSR count). The fraction of sp³-hybridized carbons (Fsp3) is 0.136. The van der Waals surface area contributed by atoms with E-state index in [2.05, 4.69) is 15.0 Å². The van der Waals surface area contributed by atoms with Crippen molar-refractivity contribution in [2.75, 3.05) is 11.5 Å². The third-order valence-electron chi connectivity index (χ3n) is 5.07. The number of halogens is 3. The number of carboxylic acid groups (broad SMARTS) is 1. The van der Waals surface area contributed by atoms with Crippen LogP contribution in [-0.2, 0) is 17.9 Å². The highest BCUT2D eigenvalue weighted by Crippen LogP contribution is 2.32. The normalized spacial score (nSPS) is 11.4. The molecular weight excluding hydrogens is 481 g/mol. The average Bonchev–Trinajstić information content (AvgIpc) is 3.39. The summed E-state index contributed by atoms with van der Waals surface area (Å²) in [6.07, 6.45) is -3.64. The highest BCUT2D eigenvalue weighted by atomic mass is 19.4. The number of carboxylic acids is 1. The number of nitrogens with zero attached hydrogens (tertiary/aromatic N) is 5. The minimum Gasteiger partial charge on any atom is -0.475 e. The summed E-state index contributed by atoms with van der Waals surface area (Å²) in [5.41, 5.74) is 23.1. The van der Waals surface area contributed by atoms with E-state index in [9.17, 15) is 13.2 Å². The molecule has 0 aliphatic carbocycles. The number of carbonyl (C=O) groups is 1. The van der Waals surface area contributed by atoms with Gasteiger partial charge in [0.25, 0.3) is 6.01 Å². The van der Waals surface area contributed by atoms with Crippen LogP contribution in [0.5, 0.6) is 0 Å². The van der Waals surface area contributed by atoms with E-state index < -0.39 is 12.1 Å². The zero-order chi connectivity index (χ0) is 26.0. The van der Waals surface area contributed by atoms with E-state index in [1.165, 1.54) is 6.33 Å². The summed E-state index contributed by atoms with van der Waals surface area (Å²) in [5, 5.41) is 12.6. The molecule has 0 bridgehead atoms. The van der Waals surface area contributed by atoms with Crippen LogP contribution in [0, 0.1) is 0 Å². The molecule has 36 heavy (non-hydrogen) atoms. The molecule has 11 nitrogen and oxygen atoms in total. The lowest BCUT2D eigenvalue weighted by molar-refractivity contribution is -0.192. The van der Waals surface area contributed by atoms with E-state index in [4.69, 9.17) is 36.6 Å². The summed E-state index contributed by atoms with van der Waals surface area (Å²) >= 11 is 0. The predicted octanol–water partition coefficient (Wildman–Crippen LogP) is 2.94. The van der Waals surface area contributed by atoms with Gasteiger partial charge in [0.05, 0.1) is 11.9 Å². The summed E-state index contributed by atoms with van der Waals surface area (Å²) < 4.78 is 38.9. The third-order valence-corrected chi connectivity index (χ3v) is 5.07. The molecule has 0 spiro atoms. The van der Waals surface area contributed by atoms with Gasteiger partial charge in [0.2, 0.25) is 0 Å². The van der Waals surface area contributed by atoms with Crippen LogP contribution in [0.2, 0.25) is 0 Å². The fourth-order valence-electron chi connectivity index (χ4n) is 3.39. The molecule has 5 aromatic rings. The molecule has 0 aliphatic heterocycles. The number of aliphatic carboxylic acids is 1. The lowest BCUT2D eigenvalue weighted by atomic mass is 10.1. The Morgan fingerprint density at radius 3 is 2.36 bits per heavy atom. The molecule has 2 aromatic carbocycles.